The molecule has 1 aromatic rings. The molecular formula is C6H4Cl2F2N2O. The van der Waals surface area contributed by atoms with Crippen LogP contribution in [0.1, 0.15) is 0 Å². The zero-order valence-electron chi connectivity index (χ0n) is 6.18. The molecule has 1 aromatic heterocycles. The van der Waals surface area contributed by atoms with E-state index >= 15 is 0 Å². The Morgan fingerprint density at radius 3 is 2.77 bits per heavy atom. The highest BCUT2D eigenvalue weighted by Crippen LogP contribution is 2.21. The van der Waals surface area contributed by atoms with Crippen LogP contribution >= 0.6 is 23.2 Å². The number of hydrogen-bond acceptors (Lipinski definition) is 3. The third-order valence-electron chi connectivity index (χ3n) is 1.03. The number of nitrogens with zero attached hydrogens (tertiary/aromatic N) is 2. The van der Waals surface area contributed by atoms with Crippen molar-refractivity contribution in [1.29, 1.82) is 0 Å². The van der Waals surface area contributed by atoms with Crippen molar-refractivity contribution in [3.8, 4) is 5.88 Å². The molecule has 1 rings (SSSR count). The van der Waals surface area contributed by atoms with Gasteiger partial charge in [0.15, 0.2) is 6.61 Å². The lowest BCUT2D eigenvalue weighted by Crippen LogP contribution is -2.08. The maximum absolute atomic E-state index is 11.7. The van der Waals surface area contributed by atoms with Gasteiger partial charge in [-0.15, -0.1) is 0 Å². The van der Waals surface area contributed by atoms with E-state index in [4.69, 9.17) is 23.2 Å². The molecular weight excluding hydrogens is 225 g/mol. The van der Waals surface area contributed by atoms with Gasteiger partial charge >= 0.3 is 0 Å². The summed E-state index contributed by atoms with van der Waals surface area (Å²) >= 11 is 10.9. The van der Waals surface area contributed by atoms with Crippen LogP contribution in [0.5, 0.6) is 5.88 Å². The number of halogens is 4. The van der Waals surface area contributed by atoms with E-state index in [-0.39, 0.29) is 16.2 Å². The van der Waals surface area contributed by atoms with E-state index in [0.29, 0.717) is 0 Å². The molecule has 0 amide bonds. The van der Waals surface area contributed by atoms with Crippen molar-refractivity contribution in [1.82, 2.24) is 9.97 Å². The van der Waals surface area contributed by atoms with Gasteiger partial charge in [-0.3, -0.25) is 0 Å². The number of alkyl halides is 2. The zero-order valence-corrected chi connectivity index (χ0v) is 7.69. The van der Waals surface area contributed by atoms with Crippen LogP contribution in [-0.2, 0) is 0 Å². The standard InChI is InChI=1S/C6H4Cl2F2N2O/c7-3-1-11-6(8)12-5(3)13-2-4(9)10/h1,4H,2H2. The minimum atomic E-state index is -2.58. The first kappa shape index (κ1) is 10.4. The molecule has 0 aliphatic heterocycles. The molecule has 0 spiro atoms. The second kappa shape index (κ2) is 4.53. The highest BCUT2D eigenvalue weighted by atomic mass is 35.5. The maximum Gasteiger partial charge on any atom is 0.272 e. The van der Waals surface area contributed by atoms with E-state index in [1.54, 1.807) is 0 Å². The molecule has 0 N–H and O–H groups in total. The van der Waals surface area contributed by atoms with Gasteiger partial charge < -0.3 is 4.74 Å². The second-order valence-corrected chi connectivity index (χ2v) is 2.74. The number of rotatable bonds is 3. The molecule has 7 heteroatoms. The average Bonchev–Trinajstić information content (AvgIpc) is 2.06. The highest BCUT2D eigenvalue weighted by molar-refractivity contribution is 6.32. The molecule has 0 saturated carbocycles. The SMILES string of the molecule is FC(F)COc1nc(Cl)ncc1Cl. The molecule has 3 nitrogen and oxygen atoms in total. The van der Waals surface area contributed by atoms with Gasteiger partial charge in [-0.25, -0.2) is 13.8 Å². The third-order valence-corrected chi connectivity index (χ3v) is 1.47. The minimum Gasteiger partial charge on any atom is -0.470 e. The Morgan fingerprint density at radius 1 is 1.46 bits per heavy atom. The quantitative estimate of drug-likeness (QED) is 0.746. The molecule has 0 saturated heterocycles. The third kappa shape index (κ3) is 3.28. The van der Waals surface area contributed by atoms with Gasteiger partial charge in [0.2, 0.25) is 11.2 Å². The largest absolute Gasteiger partial charge is 0.470 e. The fraction of sp³-hybridized carbons (Fsp3) is 0.333. The molecule has 0 bridgehead atoms. The van der Waals surface area contributed by atoms with Crippen molar-refractivity contribution < 1.29 is 13.5 Å². The van der Waals surface area contributed by atoms with Crippen LogP contribution in [0, 0.1) is 0 Å². The lowest BCUT2D eigenvalue weighted by atomic mass is 10.6. The summed E-state index contributed by atoms with van der Waals surface area (Å²) in [6.45, 7) is -0.771. The van der Waals surface area contributed by atoms with Crippen LogP contribution < -0.4 is 4.74 Å². The lowest BCUT2D eigenvalue weighted by molar-refractivity contribution is 0.0796. The van der Waals surface area contributed by atoms with Gasteiger partial charge in [0.25, 0.3) is 6.43 Å². The van der Waals surface area contributed by atoms with E-state index in [1.165, 1.54) is 6.20 Å². The van der Waals surface area contributed by atoms with Crippen LogP contribution in [0.2, 0.25) is 10.3 Å². The molecule has 0 aliphatic rings. The molecule has 0 aromatic carbocycles. The van der Waals surface area contributed by atoms with Crippen molar-refractivity contribution in [3.05, 3.63) is 16.5 Å². The lowest BCUT2D eigenvalue weighted by Gasteiger charge is -2.04. The summed E-state index contributed by atoms with van der Waals surface area (Å²) in [5.74, 6) is -0.137. The fourth-order valence-electron chi connectivity index (χ4n) is 0.574. The van der Waals surface area contributed by atoms with Crippen molar-refractivity contribution >= 4 is 23.2 Å². The first-order valence-electron chi connectivity index (χ1n) is 3.18. The van der Waals surface area contributed by atoms with E-state index in [2.05, 4.69) is 14.7 Å². The van der Waals surface area contributed by atoms with Crippen molar-refractivity contribution in [3.63, 3.8) is 0 Å². The summed E-state index contributed by atoms with van der Waals surface area (Å²) in [5.41, 5.74) is 0. The van der Waals surface area contributed by atoms with Gasteiger partial charge in [-0.2, -0.15) is 4.98 Å². The Hall–Kier alpha value is -0.680. The minimum absolute atomic E-state index is 0.0463. The molecule has 13 heavy (non-hydrogen) atoms. The molecule has 0 atom stereocenters. The Kier molecular flexibility index (Phi) is 3.62. The second-order valence-electron chi connectivity index (χ2n) is 1.99. The Bertz CT molecular complexity index is 298. The van der Waals surface area contributed by atoms with E-state index in [9.17, 15) is 8.78 Å². The van der Waals surface area contributed by atoms with Crippen molar-refractivity contribution in [2.75, 3.05) is 6.61 Å². The first-order chi connectivity index (χ1) is 6.09. The summed E-state index contributed by atoms with van der Waals surface area (Å²) in [7, 11) is 0. The zero-order chi connectivity index (χ0) is 9.84. The average molecular weight is 229 g/mol. The summed E-state index contributed by atoms with van der Waals surface area (Å²) in [5, 5.41) is -0.0567. The summed E-state index contributed by atoms with van der Waals surface area (Å²) in [6.07, 6.45) is -1.40. The smallest absolute Gasteiger partial charge is 0.272 e. The molecule has 1 heterocycles. The Labute approximate surface area is 82.7 Å². The maximum atomic E-state index is 11.7. The van der Waals surface area contributed by atoms with Crippen LogP contribution in [0.15, 0.2) is 6.20 Å². The number of hydrogen-bond donors (Lipinski definition) is 0. The number of ether oxygens (including phenoxy) is 1. The molecule has 72 valence electrons. The summed E-state index contributed by atoms with van der Waals surface area (Å²) in [6, 6.07) is 0. The monoisotopic (exact) mass is 228 g/mol. The van der Waals surface area contributed by atoms with Gasteiger partial charge in [0.05, 0.1) is 6.20 Å². The first-order valence-corrected chi connectivity index (χ1v) is 3.94. The summed E-state index contributed by atoms with van der Waals surface area (Å²) in [4.78, 5) is 7.03. The highest BCUT2D eigenvalue weighted by Gasteiger charge is 2.09. The molecule has 0 unspecified atom stereocenters. The number of aromatic nitrogens is 2. The van der Waals surface area contributed by atoms with Crippen molar-refractivity contribution in [2.24, 2.45) is 0 Å². The van der Waals surface area contributed by atoms with Gasteiger partial charge in [-0.05, 0) is 11.6 Å². The Morgan fingerprint density at radius 2 is 2.15 bits per heavy atom. The van der Waals surface area contributed by atoms with Gasteiger partial charge in [0, 0.05) is 0 Å². The van der Waals surface area contributed by atoms with Crippen LogP contribution in [0.3, 0.4) is 0 Å². The Balaban J connectivity index is 2.70. The van der Waals surface area contributed by atoms with E-state index in [1.807, 2.05) is 0 Å². The van der Waals surface area contributed by atoms with Crippen LogP contribution in [0.25, 0.3) is 0 Å². The van der Waals surface area contributed by atoms with Gasteiger partial charge in [0.1, 0.15) is 5.02 Å². The van der Waals surface area contributed by atoms with E-state index < -0.39 is 13.0 Å². The fourth-order valence-corrected chi connectivity index (χ4v) is 0.846. The topological polar surface area (TPSA) is 35.0 Å². The predicted molar refractivity (Wildman–Crippen MR) is 43.6 cm³/mol. The summed E-state index contributed by atoms with van der Waals surface area (Å²) < 4.78 is 28.0. The molecule has 0 radical (unpaired) electrons. The van der Waals surface area contributed by atoms with Gasteiger partial charge in [-0.1, -0.05) is 11.6 Å². The van der Waals surface area contributed by atoms with Crippen LogP contribution in [-0.4, -0.2) is 23.0 Å². The molecule has 0 fully saturated rings. The normalized spacial score (nSPS) is 10.5. The predicted octanol–water partition coefficient (Wildman–Crippen LogP) is 2.43. The van der Waals surface area contributed by atoms with E-state index in [0.717, 1.165) is 0 Å². The molecule has 0 aliphatic carbocycles. The van der Waals surface area contributed by atoms with Crippen LogP contribution in [0.4, 0.5) is 8.78 Å². The van der Waals surface area contributed by atoms with Crippen molar-refractivity contribution in [2.45, 2.75) is 6.43 Å².